The Morgan fingerprint density at radius 2 is 2.12 bits per heavy atom. The van der Waals surface area contributed by atoms with Gasteiger partial charge in [-0.1, -0.05) is 17.8 Å². The number of hydrogen-bond acceptors (Lipinski definition) is 3. The van der Waals surface area contributed by atoms with Gasteiger partial charge in [-0.3, -0.25) is 0 Å². The Hall–Kier alpha value is -1.86. The molecule has 1 aromatic heterocycles. The molecule has 0 radical (unpaired) electrons. The standard InChI is InChI=1S/C13H9FN2S/c1-9-5-6-10(8-15)13(16-9)17-12-4-2-3-11(14)7-12/h2-7H,1H3. The van der Waals surface area contributed by atoms with Crippen LogP contribution in [0.4, 0.5) is 4.39 Å². The summed E-state index contributed by atoms with van der Waals surface area (Å²) < 4.78 is 13.0. The molecule has 0 saturated carbocycles. The lowest BCUT2D eigenvalue weighted by molar-refractivity contribution is 0.624. The monoisotopic (exact) mass is 244 g/mol. The second-order valence-electron chi connectivity index (χ2n) is 3.48. The molecule has 0 aliphatic heterocycles. The zero-order valence-corrected chi connectivity index (χ0v) is 9.96. The van der Waals surface area contributed by atoms with Gasteiger partial charge in [-0.25, -0.2) is 9.37 Å². The third kappa shape index (κ3) is 2.83. The molecule has 0 amide bonds. The molecule has 17 heavy (non-hydrogen) atoms. The van der Waals surface area contributed by atoms with Crippen molar-refractivity contribution in [1.29, 1.82) is 5.26 Å². The Bertz CT molecular complexity index is 590. The third-order valence-corrected chi connectivity index (χ3v) is 3.12. The van der Waals surface area contributed by atoms with E-state index in [0.29, 0.717) is 10.6 Å². The minimum Gasteiger partial charge on any atom is -0.245 e. The molecule has 2 aromatic rings. The van der Waals surface area contributed by atoms with E-state index in [1.54, 1.807) is 24.3 Å². The number of pyridine rings is 1. The van der Waals surface area contributed by atoms with E-state index in [9.17, 15) is 4.39 Å². The number of benzene rings is 1. The summed E-state index contributed by atoms with van der Waals surface area (Å²) in [4.78, 5) is 5.02. The van der Waals surface area contributed by atoms with Crippen molar-refractivity contribution in [2.45, 2.75) is 16.8 Å². The molecule has 0 atom stereocenters. The van der Waals surface area contributed by atoms with Gasteiger partial charge < -0.3 is 0 Å². The highest BCUT2D eigenvalue weighted by atomic mass is 32.2. The van der Waals surface area contributed by atoms with Gasteiger partial charge in [-0.15, -0.1) is 0 Å². The van der Waals surface area contributed by atoms with E-state index < -0.39 is 0 Å². The van der Waals surface area contributed by atoms with Crippen molar-refractivity contribution >= 4 is 11.8 Å². The van der Waals surface area contributed by atoms with Crippen LogP contribution in [0, 0.1) is 24.1 Å². The predicted molar refractivity (Wildman–Crippen MR) is 64.2 cm³/mol. The van der Waals surface area contributed by atoms with Crippen molar-refractivity contribution in [3.63, 3.8) is 0 Å². The molecule has 0 spiro atoms. The van der Waals surface area contributed by atoms with Gasteiger partial charge in [0.2, 0.25) is 0 Å². The van der Waals surface area contributed by atoms with Crippen LogP contribution in [0.3, 0.4) is 0 Å². The molecular formula is C13H9FN2S. The minimum absolute atomic E-state index is 0.291. The predicted octanol–water partition coefficient (Wildman–Crippen LogP) is 3.55. The fraction of sp³-hybridized carbons (Fsp3) is 0.0769. The van der Waals surface area contributed by atoms with Crippen molar-refractivity contribution in [3.05, 3.63) is 53.5 Å². The summed E-state index contributed by atoms with van der Waals surface area (Å²) in [5.74, 6) is -0.291. The van der Waals surface area contributed by atoms with Gasteiger partial charge in [-0.05, 0) is 37.3 Å². The van der Waals surface area contributed by atoms with Gasteiger partial charge in [-0.2, -0.15) is 5.26 Å². The molecule has 1 aromatic carbocycles. The average molecular weight is 244 g/mol. The first-order valence-corrected chi connectivity index (χ1v) is 5.82. The van der Waals surface area contributed by atoms with E-state index >= 15 is 0 Å². The van der Waals surface area contributed by atoms with E-state index in [2.05, 4.69) is 11.1 Å². The summed E-state index contributed by atoms with van der Waals surface area (Å²) in [7, 11) is 0. The smallest absolute Gasteiger partial charge is 0.124 e. The molecule has 0 bridgehead atoms. The van der Waals surface area contributed by atoms with Gasteiger partial charge in [0, 0.05) is 10.6 Å². The molecule has 1 heterocycles. The number of nitriles is 1. The van der Waals surface area contributed by atoms with Crippen molar-refractivity contribution in [1.82, 2.24) is 4.98 Å². The van der Waals surface area contributed by atoms with Gasteiger partial charge in [0.05, 0.1) is 5.56 Å². The summed E-state index contributed by atoms with van der Waals surface area (Å²) in [6.45, 7) is 1.86. The van der Waals surface area contributed by atoms with Crippen LogP contribution >= 0.6 is 11.8 Å². The molecule has 0 aliphatic rings. The molecule has 0 saturated heterocycles. The van der Waals surface area contributed by atoms with Crippen LogP contribution in [-0.2, 0) is 0 Å². The Morgan fingerprint density at radius 3 is 2.82 bits per heavy atom. The summed E-state index contributed by atoms with van der Waals surface area (Å²) >= 11 is 1.29. The first-order valence-electron chi connectivity index (χ1n) is 5.00. The molecule has 4 heteroatoms. The number of aryl methyl sites for hydroxylation is 1. The first-order chi connectivity index (χ1) is 8.19. The molecule has 0 unspecified atom stereocenters. The van der Waals surface area contributed by atoms with Crippen molar-refractivity contribution in [2.75, 3.05) is 0 Å². The normalized spacial score (nSPS) is 9.94. The SMILES string of the molecule is Cc1ccc(C#N)c(Sc2cccc(F)c2)n1. The number of rotatable bonds is 2. The average Bonchev–Trinajstić information content (AvgIpc) is 2.29. The lowest BCUT2D eigenvalue weighted by atomic mass is 10.3. The summed E-state index contributed by atoms with van der Waals surface area (Å²) in [5.41, 5.74) is 1.34. The van der Waals surface area contributed by atoms with Crippen LogP contribution in [0.15, 0.2) is 46.3 Å². The Balaban J connectivity index is 2.36. The molecule has 0 N–H and O–H groups in total. The molecule has 0 aliphatic carbocycles. The van der Waals surface area contributed by atoms with Gasteiger partial charge >= 0.3 is 0 Å². The Labute approximate surface area is 103 Å². The maximum Gasteiger partial charge on any atom is 0.124 e. The first kappa shape index (κ1) is 11.6. The van der Waals surface area contributed by atoms with Crippen LogP contribution in [0.25, 0.3) is 0 Å². The molecular weight excluding hydrogens is 235 g/mol. The van der Waals surface area contributed by atoms with Crippen LogP contribution in [0.5, 0.6) is 0 Å². The molecule has 84 valence electrons. The number of nitrogens with zero attached hydrogens (tertiary/aromatic N) is 2. The van der Waals surface area contributed by atoms with Crippen molar-refractivity contribution < 1.29 is 4.39 Å². The minimum atomic E-state index is -0.291. The van der Waals surface area contributed by atoms with Crippen molar-refractivity contribution in [3.8, 4) is 6.07 Å². The zero-order chi connectivity index (χ0) is 12.3. The van der Waals surface area contributed by atoms with Gasteiger partial charge in [0.25, 0.3) is 0 Å². The maximum absolute atomic E-state index is 13.0. The van der Waals surface area contributed by atoms with E-state index in [0.717, 1.165) is 10.6 Å². The number of halogens is 1. The molecule has 2 nitrogen and oxygen atoms in total. The lowest BCUT2D eigenvalue weighted by Gasteiger charge is -2.04. The molecule has 2 rings (SSSR count). The van der Waals surface area contributed by atoms with Gasteiger partial charge in [0.15, 0.2) is 0 Å². The van der Waals surface area contributed by atoms with Crippen LogP contribution in [0.1, 0.15) is 11.3 Å². The molecule has 0 fully saturated rings. The summed E-state index contributed by atoms with van der Waals surface area (Å²) in [6, 6.07) is 11.8. The number of hydrogen-bond donors (Lipinski definition) is 0. The topological polar surface area (TPSA) is 36.7 Å². The van der Waals surface area contributed by atoms with E-state index in [4.69, 9.17) is 5.26 Å². The van der Waals surface area contributed by atoms with Crippen LogP contribution in [0.2, 0.25) is 0 Å². The zero-order valence-electron chi connectivity index (χ0n) is 9.14. The third-order valence-electron chi connectivity index (χ3n) is 2.13. The van der Waals surface area contributed by atoms with Crippen molar-refractivity contribution in [2.24, 2.45) is 0 Å². The highest BCUT2D eigenvalue weighted by Crippen LogP contribution is 2.29. The number of aromatic nitrogens is 1. The Morgan fingerprint density at radius 1 is 1.29 bits per heavy atom. The fourth-order valence-corrected chi connectivity index (χ4v) is 2.29. The fourth-order valence-electron chi connectivity index (χ4n) is 1.34. The highest BCUT2D eigenvalue weighted by Gasteiger charge is 2.06. The lowest BCUT2D eigenvalue weighted by Crippen LogP contribution is -1.89. The van der Waals surface area contributed by atoms with Gasteiger partial charge in [0.1, 0.15) is 16.9 Å². The van der Waals surface area contributed by atoms with E-state index in [1.165, 1.54) is 23.9 Å². The quantitative estimate of drug-likeness (QED) is 0.810. The van der Waals surface area contributed by atoms with E-state index in [-0.39, 0.29) is 5.82 Å². The highest BCUT2D eigenvalue weighted by molar-refractivity contribution is 7.99. The van der Waals surface area contributed by atoms with E-state index in [1.807, 2.05) is 6.92 Å². The summed E-state index contributed by atoms with van der Waals surface area (Å²) in [6.07, 6.45) is 0. The second kappa shape index (κ2) is 4.98. The maximum atomic E-state index is 13.0. The second-order valence-corrected chi connectivity index (χ2v) is 4.54. The van der Waals surface area contributed by atoms with Crippen LogP contribution < -0.4 is 0 Å². The summed E-state index contributed by atoms with van der Waals surface area (Å²) in [5, 5.41) is 9.57. The Kier molecular flexibility index (Phi) is 3.40. The van der Waals surface area contributed by atoms with Crippen LogP contribution in [-0.4, -0.2) is 4.98 Å². The largest absolute Gasteiger partial charge is 0.245 e.